The first kappa shape index (κ1) is 14.7. The number of aromatic nitrogens is 1. The molecule has 2 rings (SSSR count). The number of benzene rings is 1. The summed E-state index contributed by atoms with van der Waals surface area (Å²) in [6.45, 7) is 1.71. The van der Waals surface area contributed by atoms with Gasteiger partial charge in [0.25, 0.3) is 0 Å². The highest BCUT2D eigenvalue weighted by atomic mass is 16.5. The summed E-state index contributed by atoms with van der Waals surface area (Å²) in [4.78, 5) is 26.9. The van der Waals surface area contributed by atoms with Gasteiger partial charge in [-0.05, 0) is 31.2 Å². The fraction of sp³-hybridized carbons (Fsp3) is 0.188. The normalized spacial score (nSPS) is 10.0. The first-order valence-electron chi connectivity index (χ1n) is 6.38. The van der Waals surface area contributed by atoms with Gasteiger partial charge in [-0.3, -0.25) is 9.78 Å². The van der Waals surface area contributed by atoms with Crippen molar-refractivity contribution >= 4 is 11.8 Å². The molecule has 0 saturated carbocycles. The minimum atomic E-state index is -0.433. The fourth-order valence-corrected chi connectivity index (χ4v) is 1.78. The molecule has 0 aliphatic heterocycles. The molecule has 0 N–H and O–H groups in total. The number of rotatable bonds is 5. The summed E-state index contributed by atoms with van der Waals surface area (Å²) >= 11 is 0. The van der Waals surface area contributed by atoms with Crippen LogP contribution in [0, 0.1) is 0 Å². The van der Waals surface area contributed by atoms with E-state index in [9.17, 15) is 9.59 Å². The second-order valence-corrected chi connectivity index (χ2v) is 4.37. The Balaban J connectivity index is 2.07. The van der Waals surface area contributed by atoms with Crippen molar-refractivity contribution in [2.24, 2.45) is 0 Å². The molecule has 0 atom stereocenters. The van der Waals surface area contributed by atoms with Crippen molar-refractivity contribution in [1.29, 1.82) is 0 Å². The molecule has 1 aromatic heterocycles. The minimum absolute atomic E-state index is 0.0559. The largest absolute Gasteiger partial charge is 0.487 e. The molecule has 0 radical (unpaired) electrons. The molecule has 0 fully saturated rings. The Morgan fingerprint density at radius 2 is 1.90 bits per heavy atom. The molecule has 1 heterocycles. The third kappa shape index (κ3) is 3.66. The van der Waals surface area contributed by atoms with Crippen LogP contribution in [-0.2, 0) is 11.3 Å². The molecular formula is C16H15NO4. The SMILES string of the molecule is COC(=O)c1ccc(COc2ccccc2C(C)=O)nc1. The molecule has 0 aliphatic rings. The van der Waals surface area contributed by atoms with E-state index in [-0.39, 0.29) is 12.4 Å². The molecule has 0 spiro atoms. The summed E-state index contributed by atoms with van der Waals surface area (Å²) in [5.41, 5.74) is 1.56. The Morgan fingerprint density at radius 1 is 1.14 bits per heavy atom. The van der Waals surface area contributed by atoms with Crippen molar-refractivity contribution in [2.45, 2.75) is 13.5 Å². The molecule has 0 unspecified atom stereocenters. The maximum atomic E-state index is 11.5. The number of ether oxygens (including phenoxy) is 2. The van der Waals surface area contributed by atoms with Crippen LogP contribution in [0.4, 0.5) is 0 Å². The smallest absolute Gasteiger partial charge is 0.339 e. The van der Waals surface area contributed by atoms with Crippen molar-refractivity contribution in [3.8, 4) is 5.75 Å². The number of carbonyl (C=O) groups is 2. The van der Waals surface area contributed by atoms with Crippen LogP contribution in [0.15, 0.2) is 42.6 Å². The molecule has 5 nitrogen and oxygen atoms in total. The van der Waals surface area contributed by atoms with Crippen LogP contribution in [-0.4, -0.2) is 23.8 Å². The van der Waals surface area contributed by atoms with E-state index in [0.29, 0.717) is 22.6 Å². The van der Waals surface area contributed by atoms with E-state index in [1.54, 1.807) is 36.4 Å². The third-order valence-corrected chi connectivity index (χ3v) is 2.89. The van der Waals surface area contributed by atoms with Gasteiger partial charge in [-0.15, -0.1) is 0 Å². The van der Waals surface area contributed by atoms with E-state index >= 15 is 0 Å². The molecular weight excluding hydrogens is 270 g/mol. The standard InChI is InChI=1S/C16H15NO4/c1-11(18)14-5-3-4-6-15(14)21-10-13-8-7-12(9-17-13)16(19)20-2/h3-9H,10H2,1-2H3. The van der Waals surface area contributed by atoms with Crippen LogP contribution < -0.4 is 4.74 Å². The van der Waals surface area contributed by atoms with E-state index in [1.165, 1.54) is 20.2 Å². The number of esters is 1. The summed E-state index contributed by atoms with van der Waals surface area (Å²) in [6.07, 6.45) is 1.43. The zero-order valence-corrected chi connectivity index (χ0v) is 11.8. The minimum Gasteiger partial charge on any atom is -0.487 e. The van der Waals surface area contributed by atoms with Gasteiger partial charge >= 0.3 is 5.97 Å². The van der Waals surface area contributed by atoms with E-state index in [1.807, 2.05) is 0 Å². The van der Waals surface area contributed by atoms with Crippen LogP contribution in [0.5, 0.6) is 5.75 Å². The lowest BCUT2D eigenvalue weighted by atomic mass is 10.1. The van der Waals surface area contributed by atoms with Crippen LogP contribution in [0.2, 0.25) is 0 Å². The van der Waals surface area contributed by atoms with Crippen molar-refractivity contribution in [3.05, 3.63) is 59.4 Å². The maximum Gasteiger partial charge on any atom is 0.339 e. The number of carbonyl (C=O) groups excluding carboxylic acids is 2. The first-order chi connectivity index (χ1) is 10.1. The lowest BCUT2D eigenvalue weighted by Crippen LogP contribution is -2.05. The Labute approximate surface area is 122 Å². The fourth-order valence-electron chi connectivity index (χ4n) is 1.78. The third-order valence-electron chi connectivity index (χ3n) is 2.89. The van der Waals surface area contributed by atoms with Crippen LogP contribution in [0.3, 0.4) is 0 Å². The Kier molecular flexibility index (Phi) is 4.66. The monoisotopic (exact) mass is 285 g/mol. The summed E-state index contributed by atoms with van der Waals surface area (Å²) in [5.74, 6) is 0.0281. The molecule has 21 heavy (non-hydrogen) atoms. The summed E-state index contributed by atoms with van der Waals surface area (Å²) < 4.78 is 10.2. The lowest BCUT2D eigenvalue weighted by molar-refractivity contribution is 0.0600. The van der Waals surface area contributed by atoms with Gasteiger partial charge in [0, 0.05) is 6.20 Å². The van der Waals surface area contributed by atoms with Crippen LogP contribution in [0.25, 0.3) is 0 Å². The number of ketones is 1. The van der Waals surface area contributed by atoms with Gasteiger partial charge in [0.2, 0.25) is 0 Å². The van der Waals surface area contributed by atoms with Gasteiger partial charge in [-0.1, -0.05) is 12.1 Å². The molecule has 108 valence electrons. The second kappa shape index (κ2) is 6.65. The van der Waals surface area contributed by atoms with E-state index in [4.69, 9.17) is 4.74 Å². The van der Waals surface area contributed by atoms with Gasteiger partial charge in [-0.25, -0.2) is 4.79 Å². The first-order valence-corrected chi connectivity index (χ1v) is 6.38. The Morgan fingerprint density at radius 3 is 2.52 bits per heavy atom. The average molecular weight is 285 g/mol. The topological polar surface area (TPSA) is 65.5 Å². The van der Waals surface area contributed by atoms with Gasteiger partial charge in [-0.2, -0.15) is 0 Å². The summed E-state index contributed by atoms with van der Waals surface area (Å²) in [7, 11) is 1.32. The number of hydrogen-bond donors (Lipinski definition) is 0. The number of para-hydroxylation sites is 1. The van der Waals surface area contributed by atoms with E-state index < -0.39 is 5.97 Å². The molecule has 0 bridgehead atoms. The Hall–Kier alpha value is -2.69. The molecule has 2 aromatic rings. The van der Waals surface area contributed by atoms with Gasteiger partial charge in [0.05, 0.1) is 23.9 Å². The van der Waals surface area contributed by atoms with Crippen LogP contribution in [0.1, 0.15) is 33.3 Å². The average Bonchev–Trinajstić information content (AvgIpc) is 2.52. The highest BCUT2D eigenvalue weighted by molar-refractivity contribution is 5.96. The number of nitrogens with zero attached hydrogens (tertiary/aromatic N) is 1. The van der Waals surface area contributed by atoms with Crippen LogP contribution >= 0.6 is 0 Å². The van der Waals surface area contributed by atoms with Gasteiger partial charge in [0.15, 0.2) is 5.78 Å². The summed E-state index contributed by atoms with van der Waals surface area (Å²) in [5, 5.41) is 0. The predicted molar refractivity (Wildman–Crippen MR) is 76.4 cm³/mol. The number of Topliss-reactive ketones (excluding diaryl/α,β-unsaturated/α-hetero) is 1. The maximum absolute atomic E-state index is 11.5. The highest BCUT2D eigenvalue weighted by Gasteiger charge is 2.09. The molecule has 0 saturated heterocycles. The van der Waals surface area contributed by atoms with Gasteiger partial charge < -0.3 is 9.47 Å². The quantitative estimate of drug-likeness (QED) is 0.624. The van der Waals surface area contributed by atoms with E-state index in [2.05, 4.69) is 9.72 Å². The predicted octanol–water partition coefficient (Wildman–Crippen LogP) is 2.65. The van der Waals surface area contributed by atoms with Crippen molar-refractivity contribution in [1.82, 2.24) is 4.98 Å². The molecule has 5 heteroatoms. The highest BCUT2D eigenvalue weighted by Crippen LogP contribution is 2.19. The number of methoxy groups -OCH3 is 1. The van der Waals surface area contributed by atoms with Crippen molar-refractivity contribution < 1.29 is 19.1 Å². The number of pyridine rings is 1. The molecule has 0 aliphatic carbocycles. The van der Waals surface area contributed by atoms with Crippen molar-refractivity contribution in [2.75, 3.05) is 7.11 Å². The zero-order chi connectivity index (χ0) is 15.2. The molecule has 0 amide bonds. The van der Waals surface area contributed by atoms with Crippen molar-refractivity contribution in [3.63, 3.8) is 0 Å². The zero-order valence-electron chi connectivity index (χ0n) is 11.8. The van der Waals surface area contributed by atoms with Gasteiger partial charge in [0.1, 0.15) is 12.4 Å². The van der Waals surface area contributed by atoms with E-state index in [0.717, 1.165) is 0 Å². The number of hydrogen-bond acceptors (Lipinski definition) is 5. The lowest BCUT2D eigenvalue weighted by Gasteiger charge is -2.09. The Bertz CT molecular complexity index is 650. The molecule has 1 aromatic carbocycles. The summed E-state index contributed by atoms with van der Waals surface area (Å²) in [6, 6.07) is 10.3. The second-order valence-electron chi connectivity index (χ2n) is 4.37.